The van der Waals surface area contributed by atoms with Crippen LogP contribution < -0.4 is 11.1 Å². The Kier molecular flexibility index (Phi) is 4.46. The molecule has 0 unspecified atom stereocenters. The monoisotopic (exact) mass is 367 g/mol. The molecule has 3 N–H and O–H groups in total. The number of amides is 1. The van der Waals surface area contributed by atoms with Crippen LogP contribution in [-0.2, 0) is 0 Å². The van der Waals surface area contributed by atoms with Crippen LogP contribution in [-0.4, -0.2) is 5.91 Å². The van der Waals surface area contributed by atoms with E-state index in [9.17, 15) is 9.18 Å². The topological polar surface area (TPSA) is 78.9 Å². The first kappa shape index (κ1) is 15.3. The highest BCUT2D eigenvalue weighted by Gasteiger charge is 2.15. The predicted octanol–water partition coefficient (Wildman–Crippen LogP) is 3.95. The lowest BCUT2D eigenvalue weighted by molar-refractivity contribution is 0.102. The van der Waals surface area contributed by atoms with Crippen molar-refractivity contribution in [2.75, 3.05) is 11.1 Å². The average Bonchev–Trinajstić information content (AvgIpc) is 2.44. The minimum absolute atomic E-state index is 0.130. The van der Waals surface area contributed by atoms with Gasteiger partial charge in [-0.05, 0) is 46.3 Å². The summed E-state index contributed by atoms with van der Waals surface area (Å²) in [5.41, 5.74) is 6.22. The second-order valence-corrected chi connectivity index (χ2v) is 5.38. The summed E-state index contributed by atoms with van der Waals surface area (Å²) in [7, 11) is 0. The second-order valence-electron chi connectivity index (χ2n) is 4.11. The van der Waals surface area contributed by atoms with Crippen molar-refractivity contribution in [1.29, 1.82) is 5.26 Å². The third-order valence-corrected chi connectivity index (χ3v) is 3.65. The highest BCUT2D eigenvalue weighted by molar-refractivity contribution is 9.10. The van der Waals surface area contributed by atoms with Crippen molar-refractivity contribution in [2.24, 2.45) is 0 Å². The molecule has 21 heavy (non-hydrogen) atoms. The van der Waals surface area contributed by atoms with Crippen LogP contribution in [0, 0.1) is 17.1 Å². The van der Waals surface area contributed by atoms with E-state index >= 15 is 0 Å². The number of nitrogens with zero attached hydrogens (tertiary/aromatic N) is 1. The van der Waals surface area contributed by atoms with E-state index in [4.69, 9.17) is 22.6 Å². The van der Waals surface area contributed by atoms with Gasteiger partial charge in [0, 0.05) is 4.47 Å². The minimum atomic E-state index is -0.616. The van der Waals surface area contributed by atoms with Crippen LogP contribution in [0.5, 0.6) is 0 Å². The Morgan fingerprint density at radius 3 is 2.71 bits per heavy atom. The molecule has 0 bridgehead atoms. The molecule has 0 heterocycles. The van der Waals surface area contributed by atoms with Gasteiger partial charge in [-0.25, -0.2) is 4.39 Å². The first-order valence-electron chi connectivity index (χ1n) is 5.68. The molecule has 106 valence electrons. The molecular formula is C14H8BrClFN3O. The lowest BCUT2D eigenvalue weighted by atomic mass is 10.1. The standard InChI is InChI=1S/C14H8BrClFN3O/c15-9-5-11(17)12(19)4-8(9)14(21)20-13-2-1-7(6-18)3-10(13)16/h1-5H,19H2,(H,20,21). The summed E-state index contributed by atoms with van der Waals surface area (Å²) < 4.78 is 13.5. The van der Waals surface area contributed by atoms with E-state index in [2.05, 4.69) is 21.2 Å². The number of hydrogen-bond donors (Lipinski definition) is 2. The van der Waals surface area contributed by atoms with Crippen LogP contribution in [0.4, 0.5) is 15.8 Å². The normalized spacial score (nSPS) is 10.0. The Labute approximate surface area is 133 Å². The number of halogens is 3. The van der Waals surface area contributed by atoms with Crippen molar-refractivity contribution in [2.45, 2.75) is 0 Å². The average molecular weight is 369 g/mol. The van der Waals surface area contributed by atoms with Crippen molar-refractivity contribution >= 4 is 44.8 Å². The lowest BCUT2D eigenvalue weighted by Gasteiger charge is -2.10. The van der Waals surface area contributed by atoms with Crippen LogP contribution in [0.2, 0.25) is 5.02 Å². The number of benzene rings is 2. The molecule has 0 saturated heterocycles. The number of nitrogens with two attached hydrogens (primary N) is 1. The van der Waals surface area contributed by atoms with E-state index < -0.39 is 11.7 Å². The fraction of sp³-hybridized carbons (Fsp3) is 0. The number of hydrogen-bond acceptors (Lipinski definition) is 3. The molecule has 0 aromatic heterocycles. The van der Waals surface area contributed by atoms with Crippen LogP contribution in [0.15, 0.2) is 34.8 Å². The van der Waals surface area contributed by atoms with E-state index in [-0.39, 0.29) is 20.7 Å². The number of nitrogen functional groups attached to an aromatic ring is 1. The molecular weight excluding hydrogens is 361 g/mol. The van der Waals surface area contributed by atoms with Gasteiger partial charge in [0.1, 0.15) is 5.82 Å². The zero-order chi connectivity index (χ0) is 15.6. The van der Waals surface area contributed by atoms with E-state index in [1.165, 1.54) is 24.3 Å². The zero-order valence-corrected chi connectivity index (χ0v) is 12.8. The van der Waals surface area contributed by atoms with Crippen molar-refractivity contribution in [3.05, 3.63) is 56.8 Å². The largest absolute Gasteiger partial charge is 0.396 e. The van der Waals surface area contributed by atoms with Crippen LogP contribution in [0.3, 0.4) is 0 Å². The number of anilines is 2. The van der Waals surface area contributed by atoms with Crippen LogP contribution >= 0.6 is 27.5 Å². The molecule has 4 nitrogen and oxygen atoms in total. The molecule has 0 radical (unpaired) electrons. The quantitative estimate of drug-likeness (QED) is 0.788. The van der Waals surface area contributed by atoms with Gasteiger partial charge in [-0.15, -0.1) is 0 Å². The molecule has 0 saturated carbocycles. The first-order valence-corrected chi connectivity index (χ1v) is 6.85. The van der Waals surface area contributed by atoms with E-state index in [1.807, 2.05) is 6.07 Å². The molecule has 0 fully saturated rings. The summed E-state index contributed by atoms with van der Waals surface area (Å²) in [5, 5.41) is 11.6. The van der Waals surface area contributed by atoms with Gasteiger partial charge in [-0.1, -0.05) is 11.6 Å². The van der Waals surface area contributed by atoms with Gasteiger partial charge < -0.3 is 11.1 Å². The first-order chi connectivity index (χ1) is 9.92. The van der Waals surface area contributed by atoms with E-state index in [0.717, 1.165) is 6.07 Å². The van der Waals surface area contributed by atoms with Crippen molar-refractivity contribution in [3.8, 4) is 6.07 Å². The summed E-state index contributed by atoms with van der Waals surface area (Å²) in [6, 6.07) is 8.76. The van der Waals surface area contributed by atoms with Crippen molar-refractivity contribution in [3.63, 3.8) is 0 Å². The lowest BCUT2D eigenvalue weighted by Crippen LogP contribution is -2.13. The van der Waals surface area contributed by atoms with Crippen molar-refractivity contribution < 1.29 is 9.18 Å². The third-order valence-electron chi connectivity index (χ3n) is 2.68. The zero-order valence-electron chi connectivity index (χ0n) is 10.5. The fourth-order valence-electron chi connectivity index (χ4n) is 1.62. The molecule has 7 heteroatoms. The van der Waals surface area contributed by atoms with Gasteiger partial charge in [0.15, 0.2) is 0 Å². The fourth-order valence-corrected chi connectivity index (χ4v) is 2.34. The number of carbonyl (C=O) groups is 1. The molecule has 2 aromatic carbocycles. The van der Waals surface area contributed by atoms with Crippen LogP contribution in [0.1, 0.15) is 15.9 Å². The van der Waals surface area contributed by atoms with Gasteiger partial charge in [0.2, 0.25) is 0 Å². The van der Waals surface area contributed by atoms with Crippen molar-refractivity contribution in [1.82, 2.24) is 0 Å². The summed E-state index contributed by atoms with van der Waals surface area (Å²) in [5.74, 6) is -1.12. The summed E-state index contributed by atoms with van der Waals surface area (Å²) in [6.07, 6.45) is 0. The Bertz CT molecular complexity index is 774. The molecule has 1 amide bonds. The molecule has 2 aromatic rings. The summed E-state index contributed by atoms with van der Waals surface area (Å²) in [6.45, 7) is 0. The number of nitriles is 1. The number of rotatable bonds is 2. The van der Waals surface area contributed by atoms with E-state index in [0.29, 0.717) is 11.3 Å². The molecule has 0 aliphatic rings. The Morgan fingerprint density at radius 2 is 2.10 bits per heavy atom. The highest BCUT2D eigenvalue weighted by atomic mass is 79.9. The molecule has 0 aliphatic heterocycles. The maximum atomic E-state index is 13.3. The minimum Gasteiger partial charge on any atom is -0.396 e. The maximum Gasteiger partial charge on any atom is 0.256 e. The smallest absolute Gasteiger partial charge is 0.256 e. The molecule has 2 rings (SSSR count). The molecule has 0 spiro atoms. The highest BCUT2D eigenvalue weighted by Crippen LogP contribution is 2.26. The Hall–Kier alpha value is -2.10. The van der Waals surface area contributed by atoms with Gasteiger partial charge in [0.25, 0.3) is 5.91 Å². The van der Waals surface area contributed by atoms with Gasteiger partial charge in [-0.2, -0.15) is 5.26 Å². The van der Waals surface area contributed by atoms with Gasteiger partial charge in [-0.3, -0.25) is 4.79 Å². The van der Waals surface area contributed by atoms with Gasteiger partial charge in [0.05, 0.1) is 33.6 Å². The maximum absolute atomic E-state index is 13.3. The third kappa shape index (κ3) is 3.32. The van der Waals surface area contributed by atoms with Crippen LogP contribution in [0.25, 0.3) is 0 Å². The Balaban J connectivity index is 2.31. The Morgan fingerprint density at radius 1 is 1.38 bits per heavy atom. The SMILES string of the molecule is N#Cc1ccc(NC(=O)c2cc(N)c(F)cc2Br)c(Cl)c1. The number of carbonyl (C=O) groups excluding carboxylic acids is 1. The summed E-state index contributed by atoms with van der Waals surface area (Å²) in [4.78, 5) is 12.2. The van der Waals surface area contributed by atoms with Gasteiger partial charge >= 0.3 is 0 Å². The predicted molar refractivity (Wildman–Crippen MR) is 82.6 cm³/mol. The molecule has 0 aliphatic carbocycles. The second kappa shape index (κ2) is 6.12. The van der Waals surface area contributed by atoms with E-state index in [1.54, 1.807) is 0 Å². The molecule has 0 atom stereocenters. The summed E-state index contributed by atoms with van der Waals surface area (Å²) >= 11 is 9.08. The number of nitrogens with one attached hydrogen (secondary N) is 1.